The fraction of sp³-hybridized carbons (Fsp3) is 0.444. The quantitative estimate of drug-likeness (QED) is 0.829. The summed E-state index contributed by atoms with van der Waals surface area (Å²) in [7, 11) is 1.59. The lowest BCUT2D eigenvalue weighted by Crippen LogP contribution is -2.43. The van der Waals surface area contributed by atoms with E-state index in [4.69, 9.17) is 14.0 Å². The molecular weight excluding hydrogens is 324 g/mol. The molecule has 25 heavy (non-hydrogen) atoms. The molecular formula is C18H22N2O5. The Hall–Kier alpha value is -2.38. The molecule has 1 aromatic heterocycles. The van der Waals surface area contributed by atoms with Gasteiger partial charge in [0, 0.05) is 36.8 Å². The van der Waals surface area contributed by atoms with Crippen molar-refractivity contribution in [1.82, 2.24) is 10.5 Å². The Kier molecular flexibility index (Phi) is 5.35. The van der Waals surface area contributed by atoms with Crippen LogP contribution in [0.2, 0.25) is 0 Å². The molecule has 0 unspecified atom stereocenters. The lowest BCUT2D eigenvalue weighted by Gasteiger charge is -2.35. The van der Waals surface area contributed by atoms with Crippen LogP contribution in [-0.4, -0.2) is 49.6 Å². The summed E-state index contributed by atoms with van der Waals surface area (Å²) in [5.41, 5.74) is 0.660. The lowest BCUT2D eigenvalue weighted by molar-refractivity contribution is -0.0146. The number of aliphatic hydroxyl groups excluding tert-OH is 1. The summed E-state index contributed by atoms with van der Waals surface area (Å²) in [6.07, 6.45) is 1.44. The summed E-state index contributed by atoms with van der Waals surface area (Å²) in [6, 6.07) is 8.93. The van der Waals surface area contributed by atoms with Gasteiger partial charge in [0.25, 0.3) is 5.91 Å². The number of carbonyl (C=O) groups is 1. The summed E-state index contributed by atoms with van der Waals surface area (Å²) < 4.78 is 15.8. The number of methoxy groups -OCH3 is 1. The predicted octanol–water partition coefficient (Wildman–Crippen LogP) is 1.87. The minimum Gasteiger partial charge on any atom is -0.497 e. The average molecular weight is 346 g/mol. The average Bonchev–Trinajstić information content (AvgIpc) is 3.17. The maximum atomic E-state index is 12.3. The van der Waals surface area contributed by atoms with E-state index in [1.807, 2.05) is 24.3 Å². The number of nitrogens with zero attached hydrogens (tertiary/aromatic N) is 1. The van der Waals surface area contributed by atoms with Crippen LogP contribution in [0.15, 0.2) is 34.9 Å². The third kappa shape index (κ3) is 4.00. The minimum atomic E-state index is -0.326. The Balaban J connectivity index is 1.66. The van der Waals surface area contributed by atoms with Crippen LogP contribution >= 0.6 is 0 Å². The first-order valence-corrected chi connectivity index (χ1v) is 8.24. The van der Waals surface area contributed by atoms with E-state index < -0.39 is 0 Å². The van der Waals surface area contributed by atoms with Crippen LogP contribution in [0.3, 0.4) is 0 Å². The number of ether oxygens (including phenoxy) is 2. The zero-order valence-electron chi connectivity index (χ0n) is 14.2. The molecule has 7 nitrogen and oxygen atoms in total. The molecule has 2 aromatic rings. The van der Waals surface area contributed by atoms with Crippen molar-refractivity contribution in [2.45, 2.75) is 12.8 Å². The van der Waals surface area contributed by atoms with E-state index in [1.165, 1.54) is 0 Å². The number of aliphatic hydroxyl groups is 1. The van der Waals surface area contributed by atoms with Gasteiger partial charge < -0.3 is 24.4 Å². The lowest BCUT2D eigenvalue weighted by atomic mass is 9.81. The normalized spacial score (nSPS) is 16.4. The van der Waals surface area contributed by atoms with E-state index in [0.717, 1.165) is 18.4 Å². The zero-order valence-corrected chi connectivity index (χ0v) is 14.2. The fourth-order valence-corrected chi connectivity index (χ4v) is 2.85. The molecule has 1 aliphatic rings. The van der Waals surface area contributed by atoms with E-state index in [0.29, 0.717) is 31.3 Å². The third-order valence-electron chi connectivity index (χ3n) is 4.61. The van der Waals surface area contributed by atoms with Gasteiger partial charge in [-0.1, -0.05) is 17.3 Å². The second kappa shape index (κ2) is 7.67. The Bertz CT molecular complexity index is 722. The van der Waals surface area contributed by atoms with Crippen molar-refractivity contribution < 1.29 is 23.9 Å². The van der Waals surface area contributed by atoms with Crippen molar-refractivity contribution in [3.05, 3.63) is 36.0 Å². The SMILES string of the molecule is COc1cccc(-c2cc(C(=O)NCC3(CO)CCOCC3)no2)c1. The molecule has 7 heteroatoms. The number of rotatable bonds is 6. The molecule has 0 aliphatic carbocycles. The molecule has 2 heterocycles. The molecule has 1 fully saturated rings. The van der Waals surface area contributed by atoms with E-state index >= 15 is 0 Å². The van der Waals surface area contributed by atoms with Crippen molar-refractivity contribution in [3.8, 4) is 17.1 Å². The molecule has 0 radical (unpaired) electrons. The van der Waals surface area contributed by atoms with Gasteiger partial charge >= 0.3 is 0 Å². The van der Waals surface area contributed by atoms with Crippen molar-refractivity contribution in [2.24, 2.45) is 5.41 Å². The highest BCUT2D eigenvalue weighted by molar-refractivity contribution is 5.93. The molecule has 0 bridgehead atoms. The molecule has 3 rings (SSSR count). The highest BCUT2D eigenvalue weighted by atomic mass is 16.5. The van der Waals surface area contributed by atoms with Crippen LogP contribution in [0.25, 0.3) is 11.3 Å². The maximum Gasteiger partial charge on any atom is 0.273 e. The summed E-state index contributed by atoms with van der Waals surface area (Å²) in [6.45, 7) is 1.60. The largest absolute Gasteiger partial charge is 0.497 e. The molecule has 0 saturated carbocycles. The number of benzene rings is 1. The summed E-state index contributed by atoms with van der Waals surface area (Å²) in [5, 5.41) is 16.4. The van der Waals surface area contributed by atoms with Gasteiger partial charge in [-0.15, -0.1) is 0 Å². The molecule has 0 atom stereocenters. The van der Waals surface area contributed by atoms with Crippen LogP contribution in [0.1, 0.15) is 23.3 Å². The minimum absolute atomic E-state index is 0.0184. The standard InChI is InChI=1S/C18H22N2O5/c1-23-14-4-2-3-13(9-14)16-10-15(20-25-16)17(22)19-11-18(12-21)5-7-24-8-6-18/h2-4,9-10,21H,5-8,11-12H2,1H3,(H,19,22). The first kappa shape index (κ1) is 17.4. The number of amides is 1. The highest BCUT2D eigenvalue weighted by Gasteiger charge is 2.32. The number of hydrogen-bond donors (Lipinski definition) is 2. The second-order valence-corrected chi connectivity index (χ2v) is 6.26. The highest BCUT2D eigenvalue weighted by Crippen LogP contribution is 2.29. The predicted molar refractivity (Wildman–Crippen MR) is 90.4 cm³/mol. The number of carbonyl (C=O) groups excluding carboxylic acids is 1. The third-order valence-corrected chi connectivity index (χ3v) is 4.61. The van der Waals surface area contributed by atoms with Gasteiger partial charge in [-0.2, -0.15) is 0 Å². The number of aromatic nitrogens is 1. The van der Waals surface area contributed by atoms with E-state index in [2.05, 4.69) is 10.5 Å². The van der Waals surface area contributed by atoms with Gasteiger partial charge in [0.1, 0.15) is 5.75 Å². The molecule has 1 amide bonds. The van der Waals surface area contributed by atoms with E-state index in [1.54, 1.807) is 13.2 Å². The summed E-state index contributed by atoms with van der Waals surface area (Å²) in [5.74, 6) is 0.869. The van der Waals surface area contributed by atoms with E-state index in [9.17, 15) is 9.90 Å². The molecule has 1 aromatic carbocycles. The number of hydrogen-bond acceptors (Lipinski definition) is 6. The van der Waals surface area contributed by atoms with Crippen molar-refractivity contribution in [3.63, 3.8) is 0 Å². The first-order valence-electron chi connectivity index (χ1n) is 8.24. The van der Waals surface area contributed by atoms with Crippen LogP contribution in [0.5, 0.6) is 5.75 Å². The van der Waals surface area contributed by atoms with Crippen LogP contribution in [0.4, 0.5) is 0 Å². The summed E-state index contributed by atoms with van der Waals surface area (Å²) in [4.78, 5) is 12.3. The van der Waals surface area contributed by atoms with Gasteiger partial charge in [-0.05, 0) is 25.0 Å². The van der Waals surface area contributed by atoms with Gasteiger partial charge in [-0.3, -0.25) is 4.79 Å². The molecule has 1 saturated heterocycles. The summed E-state index contributed by atoms with van der Waals surface area (Å²) >= 11 is 0. The molecule has 1 aliphatic heterocycles. The van der Waals surface area contributed by atoms with Crippen LogP contribution < -0.4 is 10.1 Å². The Morgan fingerprint density at radius 3 is 2.88 bits per heavy atom. The Labute approximate surface area is 145 Å². The van der Waals surface area contributed by atoms with Crippen LogP contribution in [-0.2, 0) is 4.74 Å². The van der Waals surface area contributed by atoms with Gasteiger partial charge in [0.05, 0.1) is 13.7 Å². The van der Waals surface area contributed by atoms with Gasteiger partial charge in [0.15, 0.2) is 11.5 Å². The van der Waals surface area contributed by atoms with Gasteiger partial charge in [-0.25, -0.2) is 0 Å². The molecule has 2 N–H and O–H groups in total. The maximum absolute atomic E-state index is 12.3. The van der Waals surface area contributed by atoms with Crippen molar-refractivity contribution >= 4 is 5.91 Å². The van der Waals surface area contributed by atoms with Crippen molar-refractivity contribution in [2.75, 3.05) is 33.5 Å². The van der Waals surface area contributed by atoms with Gasteiger partial charge in [0.2, 0.25) is 0 Å². The molecule has 0 spiro atoms. The Morgan fingerprint density at radius 1 is 1.36 bits per heavy atom. The second-order valence-electron chi connectivity index (χ2n) is 6.26. The molecule has 134 valence electrons. The number of nitrogens with one attached hydrogen (secondary N) is 1. The smallest absolute Gasteiger partial charge is 0.273 e. The monoisotopic (exact) mass is 346 g/mol. The van der Waals surface area contributed by atoms with Crippen molar-refractivity contribution in [1.29, 1.82) is 0 Å². The zero-order chi connectivity index (χ0) is 17.7. The Morgan fingerprint density at radius 2 is 2.16 bits per heavy atom. The first-order chi connectivity index (χ1) is 12.2. The van der Waals surface area contributed by atoms with E-state index in [-0.39, 0.29) is 23.6 Å². The fourth-order valence-electron chi connectivity index (χ4n) is 2.85. The van der Waals surface area contributed by atoms with Crippen LogP contribution in [0, 0.1) is 5.41 Å². The topological polar surface area (TPSA) is 93.8 Å².